The number of thioether (sulfide) groups is 1. The molecule has 0 fully saturated rings. The van der Waals surface area contributed by atoms with E-state index >= 15 is 0 Å². The van der Waals surface area contributed by atoms with Crippen molar-refractivity contribution < 1.29 is 0 Å². The summed E-state index contributed by atoms with van der Waals surface area (Å²) in [5.74, 6) is 0.912. The van der Waals surface area contributed by atoms with Crippen molar-refractivity contribution >= 4 is 29.0 Å². The molecule has 0 amide bonds. The van der Waals surface area contributed by atoms with Gasteiger partial charge in [-0.1, -0.05) is 163 Å². The zero-order valence-electron chi connectivity index (χ0n) is 23.5. The van der Waals surface area contributed by atoms with Crippen molar-refractivity contribution in [3.05, 3.63) is 204 Å². The average molecular weight is 572 g/mol. The van der Waals surface area contributed by atoms with Crippen LogP contribution in [0.4, 0.5) is 11.4 Å². The quantitative estimate of drug-likeness (QED) is 0.206. The molecule has 0 saturated carbocycles. The molecule has 6 aromatic carbocycles. The van der Waals surface area contributed by atoms with Crippen LogP contribution in [0.3, 0.4) is 0 Å². The summed E-state index contributed by atoms with van der Waals surface area (Å²) in [4.78, 5) is 1.71. The Kier molecular flexibility index (Phi) is 6.16. The number of anilines is 2. The van der Waals surface area contributed by atoms with Crippen molar-refractivity contribution in [2.45, 2.75) is 9.74 Å². The first-order valence-electron chi connectivity index (χ1n) is 14.6. The van der Waals surface area contributed by atoms with E-state index in [0.29, 0.717) is 0 Å². The van der Waals surface area contributed by atoms with Gasteiger partial charge in [0.1, 0.15) is 0 Å². The molecule has 0 saturated heterocycles. The van der Waals surface area contributed by atoms with Gasteiger partial charge in [0.25, 0.3) is 0 Å². The summed E-state index contributed by atoms with van der Waals surface area (Å²) in [6, 6.07) is 62.7. The molecule has 6 aromatic rings. The van der Waals surface area contributed by atoms with E-state index in [2.05, 4.69) is 186 Å². The predicted molar refractivity (Wildman–Crippen MR) is 179 cm³/mol. The molecule has 3 nitrogen and oxygen atoms in total. The number of hydrogen-bond acceptors (Lipinski definition) is 4. The highest BCUT2D eigenvalue weighted by Gasteiger charge is 2.64. The molecule has 0 bridgehead atoms. The van der Waals surface area contributed by atoms with Crippen LogP contribution in [-0.2, 0) is 9.74 Å². The smallest absolute Gasteiger partial charge is 0.215 e. The van der Waals surface area contributed by atoms with Crippen LogP contribution < -0.4 is 9.91 Å². The van der Waals surface area contributed by atoms with Gasteiger partial charge in [-0.2, -0.15) is 5.10 Å². The molecule has 0 aliphatic carbocycles. The summed E-state index contributed by atoms with van der Waals surface area (Å²) in [6.45, 7) is 0. The van der Waals surface area contributed by atoms with Gasteiger partial charge in [-0.05, 0) is 41.0 Å². The normalized spacial score (nSPS) is 18.5. The zero-order valence-corrected chi connectivity index (χ0v) is 24.3. The highest BCUT2D eigenvalue weighted by atomic mass is 32.2. The molecule has 1 atom stereocenters. The first-order valence-corrected chi connectivity index (χ1v) is 15.4. The van der Waals surface area contributed by atoms with E-state index < -0.39 is 9.74 Å². The number of hydrogen-bond donors (Lipinski definition) is 0. The van der Waals surface area contributed by atoms with Gasteiger partial charge in [0, 0.05) is 16.8 Å². The molecule has 2 aliphatic rings. The molecule has 0 aromatic heterocycles. The number of rotatable bonds is 5. The lowest BCUT2D eigenvalue weighted by Gasteiger charge is -2.43. The van der Waals surface area contributed by atoms with Gasteiger partial charge < -0.3 is 0 Å². The predicted octanol–water partition coefficient (Wildman–Crippen LogP) is 9.22. The Morgan fingerprint density at radius 3 is 1.44 bits per heavy atom. The second-order valence-electron chi connectivity index (χ2n) is 10.8. The average Bonchev–Trinajstić information content (AvgIpc) is 3.60. The standard InChI is InChI=1S/C39H29N3S/c1-6-18-30(19-7-1)37-40-42(34-26-14-5-15-27-34)39(41(37)33-24-12-4-13-25-33)36-29-17-16-28-35(36)38(43-39,31-20-8-2-9-21-31)32-22-10-3-11-23-32/h1-29H/t39-/m0/s1. The van der Waals surface area contributed by atoms with Gasteiger partial charge >= 0.3 is 0 Å². The molecule has 43 heavy (non-hydrogen) atoms. The summed E-state index contributed by atoms with van der Waals surface area (Å²) in [5.41, 5.74) is 8.16. The fourth-order valence-electron chi connectivity index (χ4n) is 6.56. The van der Waals surface area contributed by atoms with Crippen molar-refractivity contribution in [2.75, 3.05) is 9.91 Å². The monoisotopic (exact) mass is 571 g/mol. The Labute approximate surface area is 256 Å². The van der Waals surface area contributed by atoms with Crippen LogP contribution in [0.25, 0.3) is 0 Å². The lowest BCUT2D eigenvalue weighted by Crippen LogP contribution is -2.50. The van der Waals surface area contributed by atoms with Crippen molar-refractivity contribution in [3.63, 3.8) is 0 Å². The summed E-state index contributed by atoms with van der Waals surface area (Å²) in [6.07, 6.45) is 0. The van der Waals surface area contributed by atoms with Gasteiger partial charge in [0.2, 0.25) is 4.99 Å². The summed E-state index contributed by atoms with van der Waals surface area (Å²) in [7, 11) is 0. The van der Waals surface area contributed by atoms with Gasteiger partial charge in [0.05, 0.1) is 10.4 Å². The van der Waals surface area contributed by atoms with Crippen molar-refractivity contribution in [2.24, 2.45) is 5.10 Å². The van der Waals surface area contributed by atoms with Crippen molar-refractivity contribution in [1.82, 2.24) is 0 Å². The maximum Gasteiger partial charge on any atom is 0.215 e. The Bertz CT molecular complexity index is 1850. The van der Waals surface area contributed by atoms with E-state index in [0.717, 1.165) is 22.8 Å². The minimum atomic E-state index is -0.740. The van der Waals surface area contributed by atoms with E-state index in [9.17, 15) is 0 Å². The molecule has 0 radical (unpaired) electrons. The van der Waals surface area contributed by atoms with Gasteiger partial charge in [-0.25, -0.2) is 5.01 Å². The number of amidine groups is 1. The number of para-hydroxylation sites is 2. The lowest BCUT2D eigenvalue weighted by atomic mass is 9.81. The molecular formula is C39H29N3S. The van der Waals surface area contributed by atoms with E-state index in [4.69, 9.17) is 5.10 Å². The van der Waals surface area contributed by atoms with Gasteiger partial charge in [-0.3, -0.25) is 4.90 Å². The fourth-order valence-corrected chi connectivity index (χ4v) is 8.58. The molecule has 0 unspecified atom stereocenters. The number of fused-ring (bicyclic) bond motifs is 2. The topological polar surface area (TPSA) is 18.8 Å². The molecule has 1 spiro atoms. The highest BCUT2D eigenvalue weighted by molar-refractivity contribution is 8.02. The van der Waals surface area contributed by atoms with Crippen LogP contribution in [0.1, 0.15) is 27.8 Å². The third-order valence-electron chi connectivity index (χ3n) is 8.36. The summed E-state index contributed by atoms with van der Waals surface area (Å²) in [5, 5.41) is 7.78. The largest absolute Gasteiger partial charge is 0.286 e. The number of nitrogens with zero attached hydrogens (tertiary/aromatic N) is 3. The Hall–Kier alpha value is -5.06. The van der Waals surface area contributed by atoms with Crippen LogP contribution >= 0.6 is 11.8 Å². The molecular weight excluding hydrogens is 543 g/mol. The number of benzene rings is 6. The van der Waals surface area contributed by atoms with E-state index in [-0.39, 0.29) is 0 Å². The molecule has 8 rings (SSSR count). The van der Waals surface area contributed by atoms with Crippen molar-refractivity contribution in [1.29, 1.82) is 0 Å². The SMILES string of the molecule is c1ccc(C2=NN(c3ccccc3)[C@@]3(SC(c4ccccc4)(c4ccccc4)c4ccccc43)N2c2ccccc2)cc1. The Morgan fingerprint density at radius 1 is 0.442 bits per heavy atom. The zero-order chi connectivity index (χ0) is 28.7. The third-order valence-corrected chi connectivity index (χ3v) is 10.2. The Balaban J connectivity index is 1.49. The first kappa shape index (κ1) is 25.6. The van der Waals surface area contributed by atoms with Gasteiger partial charge in [0.15, 0.2) is 5.84 Å². The second-order valence-corrected chi connectivity index (χ2v) is 12.2. The molecule has 2 aliphatic heterocycles. The molecule has 2 heterocycles. The number of hydrazone groups is 1. The molecule has 206 valence electrons. The molecule has 0 N–H and O–H groups in total. The molecule has 4 heteroatoms. The van der Waals surface area contributed by atoms with Crippen LogP contribution in [-0.4, -0.2) is 5.84 Å². The fraction of sp³-hybridized carbons (Fsp3) is 0.0513. The lowest BCUT2D eigenvalue weighted by molar-refractivity contribution is 0.646. The maximum atomic E-state index is 5.53. The highest BCUT2D eigenvalue weighted by Crippen LogP contribution is 2.68. The van der Waals surface area contributed by atoms with Crippen LogP contribution in [0, 0.1) is 0 Å². The summed E-state index contributed by atoms with van der Waals surface area (Å²) < 4.78 is -0.499. The van der Waals surface area contributed by atoms with Crippen LogP contribution in [0.2, 0.25) is 0 Å². The van der Waals surface area contributed by atoms with E-state index in [1.54, 1.807) is 0 Å². The first-order chi connectivity index (χ1) is 21.3. The third kappa shape index (κ3) is 3.87. The summed E-state index contributed by atoms with van der Waals surface area (Å²) >= 11 is 1.94. The Morgan fingerprint density at radius 2 is 0.884 bits per heavy atom. The minimum absolute atomic E-state index is 0.499. The van der Waals surface area contributed by atoms with E-state index in [1.165, 1.54) is 22.3 Å². The minimum Gasteiger partial charge on any atom is -0.286 e. The van der Waals surface area contributed by atoms with Crippen LogP contribution in [0.15, 0.2) is 181 Å². The van der Waals surface area contributed by atoms with E-state index in [1.807, 2.05) is 11.8 Å². The second kappa shape index (κ2) is 10.3. The van der Waals surface area contributed by atoms with Crippen molar-refractivity contribution in [3.8, 4) is 0 Å². The van der Waals surface area contributed by atoms with Gasteiger partial charge in [-0.15, -0.1) is 0 Å². The maximum absolute atomic E-state index is 5.53. The van der Waals surface area contributed by atoms with Crippen LogP contribution in [0.5, 0.6) is 0 Å².